The normalized spacial score (nSPS) is 21.3. The lowest BCUT2D eigenvalue weighted by Gasteiger charge is -2.42. The van der Waals surface area contributed by atoms with Crippen LogP contribution in [0.2, 0.25) is 23.2 Å². The highest BCUT2D eigenvalue weighted by atomic mass is 35.5. The molecule has 5 fully saturated rings. The Labute approximate surface area is 611 Å². The predicted molar refractivity (Wildman–Crippen MR) is 390 cm³/mol. The fourth-order valence-electron chi connectivity index (χ4n) is 14.3. The van der Waals surface area contributed by atoms with Crippen LogP contribution in [-0.2, 0) is 30.0 Å². The minimum absolute atomic E-state index is 0.00963. The molecule has 6 atom stereocenters. The van der Waals surface area contributed by atoms with Gasteiger partial charge in [-0.2, -0.15) is 15.2 Å². The first-order chi connectivity index (χ1) is 48.4. The van der Waals surface area contributed by atoms with Crippen LogP contribution in [-0.4, -0.2) is 161 Å². The summed E-state index contributed by atoms with van der Waals surface area (Å²) in [6.07, 6.45) is 0.587. The van der Waals surface area contributed by atoms with Crippen LogP contribution in [0.15, 0.2) is 58.6 Å². The molecular weight excluding hydrogens is 1410 g/mol. The Morgan fingerprint density at radius 1 is 0.903 bits per heavy atom. The zero-order valence-corrected chi connectivity index (χ0v) is 64.0. The second-order valence-corrected chi connectivity index (χ2v) is 39.0. The van der Waals surface area contributed by atoms with Crippen LogP contribution in [0.5, 0.6) is 11.9 Å². The number of carbonyl (C=O) groups is 4. The van der Waals surface area contributed by atoms with E-state index in [-0.39, 0.29) is 146 Å². The highest BCUT2D eigenvalue weighted by Gasteiger charge is 2.72. The van der Waals surface area contributed by atoms with Crippen molar-refractivity contribution in [3.05, 3.63) is 93.3 Å². The molecule has 1 aliphatic carbocycles. The van der Waals surface area contributed by atoms with Gasteiger partial charge < -0.3 is 47.9 Å². The van der Waals surface area contributed by atoms with E-state index in [9.17, 15) is 24.4 Å². The summed E-state index contributed by atoms with van der Waals surface area (Å²) in [7, 11) is -2.32. The fraction of sp³-hybridized carbons (Fsp3) is 0.554. The van der Waals surface area contributed by atoms with Crippen molar-refractivity contribution in [2.45, 2.75) is 194 Å². The number of alkyl halides is 2. The molecule has 12 rings (SSSR count). The lowest BCUT2D eigenvalue weighted by molar-refractivity contribution is -0.141. The average molecular weight is 1500 g/mol. The third-order valence-electron chi connectivity index (χ3n) is 20.7. The van der Waals surface area contributed by atoms with Crippen LogP contribution in [0.1, 0.15) is 143 Å². The van der Waals surface area contributed by atoms with E-state index in [1.54, 1.807) is 68.7 Å². The van der Waals surface area contributed by atoms with E-state index < -0.39 is 85.7 Å². The first kappa shape index (κ1) is 75.0. The molecule has 7 aromatic rings. The zero-order chi connectivity index (χ0) is 74.2. The molecule has 4 saturated heterocycles. The van der Waals surface area contributed by atoms with E-state index in [0.29, 0.717) is 51.0 Å². The quantitative estimate of drug-likeness (QED) is 0.0532. The van der Waals surface area contributed by atoms with Gasteiger partial charge in [0.05, 0.1) is 61.6 Å². The Kier molecular flexibility index (Phi) is 20.9. The number of thiazole rings is 1. The number of piperidine rings is 1. The minimum atomic E-state index is -3.14. The zero-order valence-electron chi connectivity index (χ0n) is 60.7. The maximum atomic E-state index is 18.0. The molecule has 21 nitrogen and oxygen atoms in total. The number of amides is 4. The van der Waals surface area contributed by atoms with Crippen molar-refractivity contribution in [2.75, 3.05) is 62.7 Å². The van der Waals surface area contributed by atoms with Gasteiger partial charge in [0.15, 0.2) is 19.9 Å². The minimum Gasteiger partial charge on any atom is -0.475 e. The fourth-order valence-corrected chi connectivity index (χ4v) is 17.8. The largest absolute Gasteiger partial charge is 0.475 e. The highest BCUT2D eigenvalue weighted by Crippen LogP contribution is 2.61. The van der Waals surface area contributed by atoms with E-state index in [2.05, 4.69) is 59.6 Å². The molecule has 1 saturated carbocycles. The summed E-state index contributed by atoms with van der Waals surface area (Å²) in [6, 6.07) is 13.7. The number of anilines is 2. The number of nitrogens with one attached hydrogen (secondary N) is 2. The Hall–Kier alpha value is -7.68. The molecule has 29 heteroatoms. The van der Waals surface area contributed by atoms with Crippen LogP contribution in [0.3, 0.4) is 0 Å². The molecule has 4 aromatic heterocycles. The average Bonchev–Trinajstić information content (AvgIpc) is 1.71. The summed E-state index contributed by atoms with van der Waals surface area (Å²) < 4.78 is 102. The number of benzene rings is 3. The van der Waals surface area contributed by atoms with Crippen molar-refractivity contribution in [2.24, 2.45) is 17.3 Å². The number of halogens is 5. The number of nitriles is 1. The number of nitrogens with zero attached hydrogens (tertiary/aromatic N) is 9. The Morgan fingerprint density at radius 3 is 2.19 bits per heavy atom. The summed E-state index contributed by atoms with van der Waals surface area (Å²) in [4.78, 5) is 78.0. The third kappa shape index (κ3) is 15.8. The molecule has 0 unspecified atom stereocenters. The maximum absolute atomic E-state index is 18.0. The van der Waals surface area contributed by atoms with Crippen molar-refractivity contribution in [1.82, 2.24) is 40.1 Å². The number of carbonyl (C=O) groups excluding carboxylic acids is 4. The van der Waals surface area contributed by atoms with Crippen molar-refractivity contribution in [3.8, 4) is 39.5 Å². The van der Waals surface area contributed by atoms with Gasteiger partial charge in [0.2, 0.25) is 11.8 Å². The van der Waals surface area contributed by atoms with Crippen LogP contribution < -0.4 is 25.0 Å². The molecule has 103 heavy (non-hydrogen) atoms. The summed E-state index contributed by atoms with van der Waals surface area (Å²) in [6.45, 7) is 28.5. The van der Waals surface area contributed by atoms with Crippen LogP contribution in [0, 0.1) is 47.1 Å². The van der Waals surface area contributed by atoms with Gasteiger partial charge in [-0.3, -0.25) is 19.8 Å². The number of piperazine rings is 1. The first-order valence-electron chi connectivity index (χ1n) is 35.1. The first-order valence-corrected chi connectivity index (χ1v) is 40.1. The van der Waals surface area contributed by atoms with Gasteiger partial charge in [0, 0.05) is 68.0 Å². The number of aryl methyl sites for hydroxylation is 1. The topological polar surface area (TPSA) is 240 Å². The third-order valence-corrected chi connectivity index (χ3v) is 27.6. The van der Waals surface area contributed by atoms with E-state index in [4.69, 9.17) is 44.5 Å². The van der Waals surface area contributed by atoms with Gasteiger partial charge in [0.25, 0.3) is 11.8 Å². The molecular formula is C74H90ClF4N11O10S2Si. The highest BCUT2D eigenvalue weighted by molar-refractivity contribution is 7.23. The van der Waals surface area contributed by atoms with E-state index in [1.807, 2.05) is 66.4 Å². The summed E-state index contributed by atoms with van der Waals surface area (Å²) in [5.74, 6) is -5.84. The van der Waals surface area contributed by atoms with Crippen molar-refractivity contribution in [3.63, 3.8) is 0 Å². The smallest absolute Gasteiger partial charge is 0.412 e. The number of thiophene rings is 1. The molecule has 0 radical (unpaired) electrons. The summed E-state index contributed by atoms with van der Waals surface area (Å²) in [5, 5.41) is 20.3. The van der Waals surface area contributed by atoms with Crippen molar-refractivity contribution in [1.29, 1.82) is 5.26 Å². The molecule has 4 aliphatic heterocycles. The van der Waals surface area contributed by atoms with Gasteiger partial charge in [-0.25, -0.2) is 32.1 Å². The van der Waals surface area contributed by atoms with Crippen molar-refractivity contribution < 1.29 is 64.6 Å². The molecule has 552 valence electrons. The number of fused-ring (bicyclic) bond motifs is 4. The molecule has 3 aromatic carbocycles. The second-order valence-electron chi connectivity index (χ2n) is 32.0. The molecule has 2 bridgehead atoms. The van der Waals surface area contributed by atoms with Gasteiger partial charge in [-0.1, -0.05) is 76.6 Å². The van der Waals surface area contributed by atoms with E-state index in [0.717, 1.165) is 39.1 Å². The Bertz CT molecular complexity index is 4410. The number of ether oxygens (including phenoxy) is 4. The summed E-state index contributed by atoms with van der Waals surface area (Å²) >= 11 is 9.45. The lowest BCUT2D eigenvalue weighted by Crippen LogP contribution is -2.57. The van der Waals surface area contributed by atoms with E-state index in [1.165, 1.54) is 12.1 Å². The monoisotopic (exact) mass is 1500 g/mol. The van der Waals surface area contributed by atoms with Gasteiger partial charge in [-0.15, -0.1) is 22.7 Å². The van der Waals surface area contributed by atoms with Gasteiger partial charge in [0.1, 0.15) is 58.0 Å². The molecule has 2 N–H and O–H groups in total. The Balaban J connectivity index is 0.731. The predicted octanol–water partition coefficient (Wildman–Crippen LogP) is 15.9. The number of hydrogen-bond acceptors (Lipinski definition) is 19. The maximum Gasteiger partial charge on any atom is 0.412 e. The number of aromatic nitrogens is 4. The van der Waals surface area contributed by atoms with E-state index >= 15 is 17.6 Å². The number of rotatable bonds is 20. The Morgan fingerprint density at radius 2 is 1.58 bits per heavy atom. The van der Waals surface area contributed by atoms with Crippen LogP contribution in [0.4, 0.5) is 38.0 Å². The van der Waals surface area contributed by atoms with Crippen LogP contribution in [0.25, 0.3) is 42.6 Å². The van der Waals surface area contributed by atoms with Crippen molar-refractivity contribution >= 4 is 98.4 Å². The standard InChI is InChI=1S/C74H90ClF4N11O10S2Si/c1-40(2)56(66(92)89-34-47(100-103(13,14)72(10,11)12)27-53(89)64(91)81-31-42-15-17-44(18-16-42)61-41(3)82-39-101-61)54-29-55(86-99-54)95-35-43-23-25-87(26-24-43)37-73(36-74(73,78)79)38-96-67-83-60-49(63(84-67)88-32-45-19-20-46(33-88)90(45)69(94)98-71(7,8)9)28-51(75)58(59(60)77)48-21-22-52(76)62-57(48)50(30-80)65(102-62)85-68(93)97-70(4,5)6/h15-18,21-22,28-29,39-40,43,45-47,53,56H,19-20,23-27,31-38H2,1-14H3,(H,81,91)(H,85,93)/t45-,46+,47-,53+,56-,73-/m1/s1. The lowest BCUT2D eigenvalue weighted by atomic mass is 9.91. The summed E-state index contributed by atoms with van der Waals surface area (Å²) in [5.41, 5.74) is 0.684. The molecule has 4 amide bonds. The molecule has 0 spiro atoms. The van der Waals surface area contributed by atoms with Gasteiger partial charge >= 0.3 is 18.2 Å². The number of likely N-dealkylation sites (tertiary alicyclic amines) is 2. The second kappa shape index (κ2) is 28.6. The van der Waals surface area contributed by atoms with Gasteiger partial charge in [-0.05, 0) is 151 Å². The molecule has 5 aliphatic rings. The number of hydrogen-bond donors (Lipinski definition) is 2. The molecule has 8 heterocycles. The SMILES string of the molecule is Cc1ncsc1-c1ccc(CNC(=O)[C@@H]2C[C@@H](O[Si](C)(C)C(C)(C)C)CN2C(=O)[C@@H](c2cc(OCC3CCN(C[C@@]4(COc5nc(N6C[C@H]7CC[C@@H](C6)N7C(=O)OC(C)(C)C)c6cc(Cl)c(-c7ccc(F)c8sc(NC(=O)OC(C)(C)C)c(C#N)c78)c(F)c6n5)CC4(F)F)CC3)no2)C(C)C)cc1. The van der Waals surface area contributed by atoms with Crippen LogP contribution >= 0.6 is 34.3 Å².